The van der Waals surface area contributed by atoms with E-state index in [0.29, 0.717) is 5.82 Å². The third-order valence-corrected chi connectivity index (χ3v) is 4.13. The average Bonchev–Trinajstić information content (AvgIpc) is 2.97. The Balaban J connectivity index is 1.61. The first kappa shape index (κ1) is 14.8. The van der Waals surface area contributed by atoms with Gasteiger partial charge in [-0.3, -0.25) is 0 Å². The molecule has 0 radical (unpaired) electrons. The minimum Gasteiger partial charge on any atom is -0.476 e. The minimum atomic E-state index is -1.07. The molecule has 0 spiro atoms. The molecule has 2 N–H and O–H groups in total. The minimum absolute atomic E-state index is 0.0477. The molecule has 0 saturated carbocycles. The predicted molar refractivity (Wildman–Crippen MR) is 87.4 cm³/mol. The number of nitrogens with one attached hydrogen (secondary N) is 1. The lowest BCUT2D eigenvalue weighted by Crippen LogP contribution is -2.26. The van der Waals surface area contributed by atoms with Crippen molar-refractivity contribution in [3.05, 3.63) is 46.8 Å². The Hall–Kier alpha value is -2.15. The van der Waals surface area contributed by atoms with Crippen molar-refractivity contribution in [2.75, 3.05) is 23.3 Å². The van der Waals surface area contributed by atoms with E-state index in [0.717, 1.165) is 24.0 Å². The van der Waals surface area contributed by atoms with Crippen LogP contribution < -0.4 is 10.2 Å². The van der Waals surface area contributed by atoms with E-state index in [4.69, 9.17) is 5.11 Å². The van der Waals surface area contributed by atoms with E-state index in [1.54, 1.807) is 0 Å². The number of hydrogen-bond donors (Lipinski definition) is 2. The molecule has 1 saturated heterocycles. The molecule has 0 amide bonds. The molecule has 114 valence electrons. The van der Waals surface area contributed by atoms with Crippen molar-refractivity contribution in [1.29, 1.82) is 0 Å². The maximum absolute atomic E-state index is 10.7. The summed E-state index contributed by atoms with van der Waals surface area (Å²) in [5.74, 6) is -0.464. The normalized spacial score (nSPS) is 17.5. The van der Waals surface area contributed by atoms with E-state index in [1.165, 1.54) is 18.1 Å². The SMILES string of the molecule is O=C(O)c1cnc(NC2CCN(c3ccc(Br)cc3)C2)cn1. The molecule has 2 heterocycles. The lowest BCUT2D eigenvalue weighted by molar-refractivity contribution is 0.0690. The number of rotatable bonds is 4. The molecule has 1 aromatic heterocycles. The van der Waals surface area contributed by atoms with Crippen LogP contribution in [0.25, 0.3) is 0 Å². The third kappa shape index (κ3) is 3.36. The molecule has 7 heteroatoms. The van der Waals surface area contributed by atoms with E-state index in [2.05, 4.69) is 48.2 Å². The van der Waals surface area contributed by atoms with Crippen molar-refractivity contribution < 1.29 is 9.90 Å². The Labute approximate surface area is 136 Å². The van der Waals surface area contributed by atoms with Gasteiger partial charge in [-0.2, -0.15) is 0 Å². The number of benzene rings is 1. The number of nitrogens with zero attached hydrogens (tertiary/aromatic N) is 3. The van der Waals surface area contributed by atoms with Gasteiger partial charge in [0.05, 0.1) is 12.4 Å². The molecule has 1 aliphatic rings. The first-order valence-corrected chi connectivity index (χ1v) is 7.73. The monoisotopic (exact) mass is 362 g/mol. The van der Waals surface area contributed by atoms with Crippen molar-refractivity contribution in [3.63, 3.8) is 0 Å². The number of carboxylic acids is 1. The summed E-state index contributed by atoms with van der Waals surface area (Å²) in [7, 11) is 0. The maximum Gasteiger partial charge on any atom is 0.356 e. The van der Waals surface area contributed by atoms with Crippen molar-refractivity contribution in [3.8, 4) is 0 Å². The molecule has 1 unspecified atom stereocenters. The Morgan fingerprint density at radius 2 is 2.05 bits per heavy atom. The van der Waals surface area contributed by atoms with Gasteiger partial charge in [-0.1, -0.05) is 15.9 Å². The lowest BCUT2D eigenvalue weighted by Gasteiger charge is -2.19. The summed E-state index contributed by atoms with van der Waals surface area (Å²) in [5.41, 5.74) is 1.15. The number of carboxylic acid groups (broad SMARTS) is 1. The van der Waals surface area contributed by atoms with E-state index in [9.17, 15) is 4.79 Å². The van der Waals surface area contributed by atoms with Crippen LogP contribution >= 0.6 is 15.9 Å². The first-order chi connectivity index (χ1) is 10.6. The van der Waals surface area contributed by atoms with E-state index < -0.39 is 5.97 Å². The van der Waals surface area contributed by atoms with Crippen molar-refractivity contribution in [1.82, 2.24) is 9.97 Å². The highest BCUT2D eigenvalue weighted by molar-refractivity contribution is 9.10. The standard InChI is InChI=1S/C15H15BrN4O2/c16-10-1-3-12(4-2-10)20-6-5-11(9-20)19-14-8-17-13(7-18-14)15(21)22/h1-4,7-8,11H,5-6,9H2,(H,18,19)(H,21,22). The van der Waals surface area contributed by atoms with Crippen LogP contribution in [0.3, 0.4) is 0 Å². The number of hydrogen-bond acceptors (Lipinski definition) is 5. The van der Waals surface area contributed by atoms with Crippen LogP contribution in [0, 0.1) is 0 Å². The maximum atomic E-state index is 10.7. The van der Waals surface area contributed by atoms with Gasteiger partial charge in [0.2, 0.25) is 0 Å². The zero-order valence-corrected chi connectivity index (χ0v) is 13.3. The van der Waals surface area contributed by atoms with E-state index >= 15 is 0 Å². The topological polar surface area (TPSA) is 78.3 Å². The zero-order valence-electron chi connectivity index (χ0n) is 11.7. The smallest absolute Gasteiger partial charge is 0.356 e. The molecule has 3 rings (SSSR count). The van der Waals surface area contributed by atoms with Crippen molar-refractivity contribution in [2.45, 2.75) is 12.5 Å². The summed E-state index contributed by atoms with van der Waals surface area (Å²) in [5, 5.41) is 12.1. The van der Waals surface area contributed by atoms with Crippen LogP contribution in [0.4, 0.5) is 11.5 Å². The highest BCUT2D eigenvalue weighted by Crippen LogP contribution is 2.23. The quantitative estimate of drug-likeness (QED) is 0.870. The van der Waals surface area contributed by atoms with Crippen molar-refractivity contribution >= 4 is 33.4 Å². The average molecular weight is 363 g/mol. The van der Waals surface area contributed by atoms with Gasteiger partial charge >= 0.3 is 5.97 Å². The van der Waals surface area contributed by atoms with Gasteiger partial charge in [0.1, 0.15) is 5.82 Å². The van der Waals surface area contributed by atoms with Crippen LogP contribution in [0.5, 0.6) is 0 Å². The molecule has 2 aromatic rings. The number of carbonyl (C=O) groups is 1. The second kappa shape index (κ2) is 6.31. The molecule has 6 nitrogen and oxygen atoms in total. The molecule has 22 heavy (non-hydrogen) atoms. The third-order valence-electron chi connectivity index (χ3n) is 3.60. The summed E-state index contributed by atoms with van der Waals surface area (Å²) < 4.78 is 1.07. The van der Waals surface area contributed by atoms with Gasteiger partial charge in [-0.05, 0) is 30.7 Å². The molecular weight excluding hydrogens is 348 g/mol. The first-order valence-electron chi connectivity index (χ1n) is 6.94. The summed E-state index contributed by atoms with van der Waals surface area (Å²) in [4.78, 5) is 21.0. The highest BCUT2D eigenvalue weighted by atomic mass is 79.9. The van der Waals surface area contributed by atoms with Gasteiger partial charge in [-0.25, -0.2) is 14.8 Å². The van der Waals surface area contributed by atoms with Gasteiger partial charge in [0.25, 0.3) is 0 Å². The molecule has 0 bridgehead atoms. The lowest BCUT2D eigenvalue weighted by atomic mass is 10.2. The Bertz CT molecular complexity index is 660. The fourth-order valence-corrected chi connectivity index (χ4v) is 2.75. The van der Waals surface area contributed by atoms with Crippen LogP contribution in [-0.4, -0.2) is 40.2 Å². The van der Waals surface area contributed by atoms with E-state index in [1.807, 2.05) is 12.1 Å². The summed E-state index contributed by atoms with van der Waals surface area (Å²) in [6.45, 7) is 1.85. The molecule has 1 fully saturated rings. The zero-order chi connectivity index (χ0) is 15.5. The van der Waals surface area contributed by atoms with E-state index in [-0.39, 0.29) is 11.7 Å². The predicted octanol–water partition coefficient (Wildman–Crippen LogP) is 2.63. The Morgan fingerprint density at radius 1 is 1.27 bits per heavy atom. The van der Waals surface area contributed by atoms with Crippen molar-refractivity contribution in [2.24, 2.45) is 0 Å². The van der Waals surface area contributed by atoms with Gasteiger partial charge in [0.15, 0.2) is 5.69 Å². The number of anilines is 2. The van der Waals surface area contributed by atoms with Gasteiger partial charge < -0.3 is 15.3 Å². The summed E-state index contributed by atoms with van der Waals surface area (Å²) >= 11 is 3.44. The van der Waals surface area contributed by atoms with Crippen LogP contribution in [-0.2, 0) is 0 Å². The second-order valence-corrected chi connectivity index (χ2v) is 6.06. The summed E-state index contributed by atoms with van der Waals surface area (Å²) in [6, 6.07) is 8.52. The molecular formula is C15H15BrN4O2. The van der Waals surface area contributed by atoms with Crippen LogP contribution in [0.1, 0.15) is 16.9 Å². The molecule has 1 aliphatic heterocycles. The number of aromatic carboxylic acids is 1. The molecule has 1 aromatic carbocycles. The Morgan fingerprint density at radius 3 is 2.68 bits per heavy atom. The number of aromatic nitrogens is 2. The van der Waals surface area contributed by atoms with Gasteiger partial charge in [-0.15, -0.1) is 0 Å². The highest BCUT2D eigenvalue weighted by Gasteiger charge is 2.23. The van der Waals surface area contributed by atoms with Gasteiger partial charge in [0, 0.05) is 29.3 Å². The fourth-order valence-electron chi connectivity index (χ4n) is 2.49. The summed E-state index contributed by atoms with van der Waals surface area (Å²) in [6.07, 6.45) is 3.73. The largest absolute Gasteiger partial charge is 0.476 e. The molecule has 1 atom stereocenters. The van der Waals surface area contributed by atoms with Crippen LogP contribution in [0.2, 0.25) is 0 Å². The second-order valence-electron chi connectivity index (χ2n) is 5.14. The fraction of sp³-hybridized carbons (Fsp3) is 0.267. The number of halogens is 1. The molecule has 0 aliphatic carbocycles. The van der Waals surface area contributed by atoms with Crippen LogP contribution in [0.15, 0.2) is 41.1 Å². The Kier molecular flexibility index (Phi) is 4.24.